The number of nitrogens with one attached hydrogen (secondary N) is 4. The van der Waals surface area contributed by atoms with E-state index in [1.54, 1.807) is 22.2 Å². The molecule has 2 fully saturated rings. The number of fused-ring (bicyclic) bond motifs is 1. The molecule has 0 aliphatic carbocycles. The van der Waals surface area contributed by atoms with E-state index in [2.05, 4.69) is 30.3 Å². The van der Waals surface area contributed by atoms with Crippen LogP contribution in [0, 0.1) is 0 Å². The second-order valence-corrected chi connectivity index (χ2v) is 15.3. The number of carbonyl (C=O) groups is 4. The van der Waals surface area contributed by atoms with Crippen LogP contribution in [-0.4, -0.2) is 103 Å². The van der Waals surface area contributed by atoms with E-state index in [1.165, 1.54) is 21.1 Å². The molecular formula is C45H47N9O7. The van der Waals surface area contributed by atoms with E-state index < -0.39 is 36.3 Å². The quantitative estimate of drug-likeness (QED) is 0.0998. The summed E-state index contributed by atoms with van der Waals surface area (Å²) in [5, 5.41) is 16.4. The first-order valence-corrected chi connectivity index (χ1v) is 20.3. The summed E-state index contributed by atoms with van der Waals surface area (Å²) in [5.41, 5.74) is 6.71. The number of pyridine rings is 1. The normalized spacial score (nSPS) is 17.8. The van der Waals surface area contributed by atoms with Crippen molar-refractivity contribution in [2.24, 2.45) is 0 Å². The van der Waals surface area contributed by atoms with E-state index in [0.29, 0.717) is 36.7 Å². The second-order valence-electron chi connectivity index (χ2n) is 15.3. The first-order valence-electron chi connectivity index (χ1n) is 20.3. The van der Waals surface area contributed by atoms with Gasteiger partial charge in [-0.15, -0.1) is 0 Å². The van der Waals surface area contributed by atoms with Gasteiger partial charge in [0.05, 0.1) is 67.4 Å². The van der Waals surface area contributed by atoms with Gasteiger partial charge in [-0.25, -0.2) is 24.5 Å². The van der Waals surface area contributed by atoms with Crippen LogP contribution >= 0.6 is 0 Å². The van der Waals surface area contributed by atoms with Crippen molar-refractivity contribution in [3.63, 3.8) is 0 Å². The molecule has 0 spiro atoms. The molecule has 1 unspecified atom stereocenters. The molecule has 0 bridgehead atoms. The Morgan fingerprint density at radius 1 is 0.721 bits per heavy atom. The van der Waals surface area contributed by atoms with Crippen LogP contribution in [0.5, 0.6) is 0 Å². The summed E-state index contributed by atoms with van der Waals surface area (Å²) in [6.07, 6.45) is 3.93. The number of aliphatic hydroxyl groups excluding tert-OH is 1. The molecule has 8 rings (SSSR count). The standard InChI is InChI=1S/C45H47N9O7/c1-26(55)38(51-44(58)60-2)42(56)53-21-7-11-36(53)41-47-25-35(50-41)31-18-20-33-30(23-31)17-19-32(48-33)27-13-15-28(16-14-27)34-24-46-40(49-34)37-12-8-22-54(37)43(57)39(52-45(59)61-3)29-9-5-4-6-10-29/h4-6,9-10,13-20,23-26,36-39,55H,7-8,11-12,21-22H2,1-3H3,(H,46,49)(H,47,50)(H,51,58)(H,52,59)/t26-,36+,37+,38?,39-/m1/s1. The van der Waals surface area contributed by atoms with Gasteiger partial charge in [0, 0.05) is 29.6 Å². The summed E-state index contributed by atoms with van der Waals surface area (Å²) >= 11 is 0. The molecule has 0 radical (unpaired) electrons. The van der Waals surface area contributed by atoms with Crippen molar-refractivity contribution in [3.05, 3.63) is 115 Å². The Kier molecular flexibility index (Phi) is 11.8. The van der Waals surface area contributed by atoms with Gasteiger partial charge in [0.2, 0.25) is 5.91 Å². The zero-order valence-corrected chi connectivity index (χ0v) is 34.0. The Hall–Kier alpha value is -7.07. The zero-order valence-electron chi connectivity index (χ0n) is 34.0. The van der Waals surface area contributed by atoms with Crippen molar-refractivity contribution >= 4 is 34.9 Å². The molecule has 16 nitrogen and oxygen atoms in total. The summed E-state index contributed by atoms with van der Waals surface area (Å²) in [6.45, 7) is 2.47. The molecule has 5 heterocycles. The maximum Gasteiger partial charge on any atom is 0.407 e. The van der Waals surface area contributed by atoms with E-state index >= 15 is 0 Å². The number of alkyl carbamates (subject to hydrolysis) is 2. The SMILES string of the molecule is COC(=O)NC(C(=O)N1CCC[C@H]1c1ncc(-c2ccc3nc(-c4ccc(-c5cnc([C@@H]6CCCN6C(=O)[C@H](NC(=O)OC)c6ccccc6)[nH]5)cc4)ccc3c2)[nH]1)[C@@H](C)O. The number of carbonyl (C=O) groups excluding carboxylic acids is 4. The molecule has 16 heteroatoms. The van der Waals surface area contributed by atoms with E-state index in [1.807, 2.05) is 84.9 Å². The largest absolute Gasteiger partial charge is 0.453 e. The van der Waals surface area contributed by atoms with Gasteiger partial charge in [0.15, 0.2) is 0 Å². The van der Waals surface area contributed by atoms with Gasteiger partial charge in [0.25, 0.3) is 5.91 Å². The van der Waals surface area contributed by atoms with Crippen LogP contribution < -0.4 is 10.6 Å². The van der Waals surface area contributed by atoms with Crippen molar-refractivity contribution in [2.45, 2.75) is 62.9 Å². The molecule has 0 saturated carbocycles. The summed E-state index contributed by atoms with van der Waals surface area (Å²) in [5.74, 6) is 0.690. The van der Waals surface area contributed by atoms with Crippen molar-refractivity contribution in [3.8, 4) is 33.8 Å². The maximum atomic E-state index is 13.9. The van der Waals surface area contributed by atoms with E-state index in [9.17, 15) is 24.3 Å². The van der Waals surface area contributed by atoms with Crippen LogP contribution in [-0.2, 0) is 19.1 Å². The van der Waals surface area contributed by atoms with Crippen LogP contribution in [0.25, 0.3) is 44.7 Å². The van der Waals surface area contributed by atoms with Gasteiger partial charge < -0.3 is 45.0 Å². The number of rotatable bonds is 11. The van der Waals surface area contributed by atoms with Crippen LogP contribution in [0.4, 0.5) is 9.59 Å². The highest BCUT2D eigenvalue weighted by molar-refractivity contribution is 5.89. The van der Waals surface area contributed by atoms with Crippen molar-refractivity contribution < 1.29 is 33.8 Å². The molecule has 2 aliphatic heterocycles. The number of likely N-dealkylation sites (tertiary alicyclic amines) is 2. The number of hydrogen-bond donors (Lipinski definition) is 5. The third-order valence-electron chi connectivity index (χ3n) is 11.4. The number of methoxy groups -OCH3 is 2. The van der Waals surface area contributed by atoms with Gasteiger partial charge >= 0.3 is 12.2 Å². The number of aromatic nitrogens is 5. The lowest BCUT2D eigenvalue weighted by molar-refractivity contribution is -0.137. The van der Waals surface area contributed by atoms with E-state index in [4.69, 9.17) is 14.7 Å². The summed E-state index contributed by atoms with van der Waals surface area (Å²) < 4.78 is 9.48. The van der Waals surface area contributed by atoms with Gasteiger partial charge in [0.1, 0.15) is 23.7 Å². The smallest absolute Gasteiger partial charge is 0.407 e. The number of aliphatic hydroxyl groups is 1. The topological polar surface area (TPSA) is 208 Å². The first kappa shape index (κ1) is 40.7. The molecular weight excluding hydrogens is 779 g/mol. The minimum Gasteiger partial charge on any atom is -0.453 e. The highest BCUT2D eigenvalue weighted by Crippen LogP contribution is 2.36. The van der Waals surface area contributed by atoms with E-state index in [-0.39, 0.29) is 18.0 Å². The number of aromatic amines is 2. The Morgan fingerprint density at radius 2 is 1.30 bits per heavy atom. The fraction of sp³-hybridized carbons (Fsp3) is 0.311. The summed E-state index contributed by atoms with van der Waals surface area (Å²) in [4.78, 5) is 76.0. The van der Waals surface area contributed by atoms with Crippen LogP contribution in [0.15, 0.2) is 97.3 Å². The number of benzene rings is 3. The highest BCUT2D eigenvalue weighted by Gasteiger charge is 2.39. The van der Waals surface area contributed by atoms with Crippen molar-refractivity contribution in [1.29, 1.82) is 0 Å². The van der Waals surface area contributed by atoms with Gasteiger partial charge in [-0.1, -0.05) is 66.7 Å². The molecule has 6 aromatic rings. The summed E-state index contributed by atoms with van der Waals surface area (Å²) in [6, 6.07) is 24.6. The lowest BCUT2D eigenvalue weighted by Gasteiger charge is -2.29. The third kappa shape index (κ3) is 8.52. The highest BCUT2D eigenvalue weighted by atomic mass is 16.5. The predicted octanol–water partition coefficient (Wildman–Crippen LogP) is 6.21. The number of nitrogens with zero attached hydrogens (tertiary/aromatic N) is 5. The molecule has 3 aromatic carbocycles. The fourth-order valence-corrected chi connectivity index (χ4v) is 8.24. The molecule has 5 atom stereocenters. The van der Waals surface area contributed by atoms with E-state index in [0.717, 1.165) is 63.9 Å². The number of amides is 4. The zero-order chi connectivity index (χ0) is 42.6. The fourth-order valence-electron chi connectivity index (χ4n) is 8.24. The first-order chi connectivity index (χ1) is 29.6. The molecule has 2 aliphatic rings. The number of ether oxygens (including phenoxy) is 2. The second kappa shape index (κ2) is 17.6. The van der Waals surface area contributed by atoms with Gasteiger partial charge in [-0.3, -0.25) is 9.59 Å². The molecule has 3 aromatic heterocycles. The summed E-state index contributed by atoms with van der Waals surface area (Å²) in [7, 11) is 2.48. The Morgan fingerprint density at radius 3 is 1.92 bits per heavy atom. The van der Waals surface area contributed by atoms with Gasteiger partial charge in [-0.05, 0) is 61.9 Å². The third-order valence-corrected chi connectivity index (χ3v) is 11.4. The predicted molar refractivity (Wildman–Crippen MR) is 225 cm³/mol. The average molecular weight is 826 g/mol. The molecule has 5 N–H and O–H groups in total. The molecule has 61 heavy (non-hydrogen) atoms. The van der Waals surface area contributed by atoms with Crippen LogP contribution in [0.2, 0.25) is 0 Å². The Labute approximate surface area is 351 Å². The van der Waals surface area contributed by atoms with Crippen molar-refractivity contribution in [1.82, 2.24) is 45.4 Å². The molecule has 314 valence electrons. The average Bonchev–Trinajstić information content (AvgIpc) is 4.14. The number of H-pyrrole nitrogens is 2. The number of hydrogen-bond acceptors (Lipinski definition) is 10. The Balaban J connectivity index is 0.942. The van der Waals surface area contributed by atoms with Crippen LogP contribution in [0.1, 0.15) is 67.9 Å². The lowest BCUT2D eigenvalue weighted by atomic mass is 10.0. The number of imidazole rings is 2. The van der Waals surface area contributed by atoms with Gasteiger partial charge in [-0.2, -0.15) is 0 Å². The minimum atomic E-state index is -1.14. The lowest BCUT2D eigenvalue weighted by Crippen LogP contribution is -2.53. The molecule has 2 saturated heterocycles. The molecule has 4 amide bonds. The maximum absolute atomic E-state index is 13.9. The monoisotopic (exact) mass is 825 g/mol. The Bertz CT molecular complexity index is 2540. The minimum absolute atomic E-state index is 0.224. The van der Waals surface area contributed by atoms with Crippen LogP contribution in [0.3, 0.4) is 0 Å². The van der Waals surface area contributed by atoms with Crippen molar-refractivity contribution in [2.75, 3.05) is 27.3 Å².